The van der Waals surface area contributed by atoms with Crippen molar-refractivity contribution < 1.29 is 13.9 Å². The van der Waals surface area contributed by atoms with Gasteiger partial charge >= 0.3 is 0 Å². The topological polar surface area (TPSA) is 67.0 Å². The number of hydrogen-bond acceptors (Lipinski definition) is 3. The standard InChI is InChI=1S/C18H16FN3O2/c19-12-5-3-11(4-6-12)18(23)20-13-7-8-14-15(10-13)22-17(21-14)16-2-1-9-24-16/h3-8,10,16H,1-2,9H2,(H,20,23)(H,21,22). The molecular weight excluding hydrogens is 309 g/mol. The van der Waals surface area contributed by atoms with Crippen LogP contribution in [0.4, 0.5) is 10.1 Å². The maximum absolute atomic E-state index is 12.9. The van der Waals surface area contributed by atoms with Crippen molar-refractivity contribution in [1.82, 2.24) is 9.97 Å². The van der Waals surface area contributed by atoms with Crippen LogP contribution in [0.15, 0.2) is 42.5 Å². The molecule has 0 saturated carbocycles. The zero-order valence-corrected chi connectivity index (χ0v) is 12.9. The minimum Gasteiger partial charge on any atom is -0.370 e. The van der Waals surface area contributed by atoms with Crippen molar-refractivity contribution in [1.29, 1.82) is 0 Å². The Bertz CT molecular complexity index is 883. The predicted molar refractivity (Wildman–Crippen MR) is 88.4 cm³/mol. The highest BCUT2D eigenvalue weighted by Gasteiger charge is 2.21. The average molecular weight is 325 g/mol. The molecule has 6 heteroatoms. The van der Waals surface area contributed by atoms with E-state index in [-0.39, 0.29) is 17.8 Å². The van der Waals surface area contributed by atoms with Crippen LogP contribution in [-0.4, -0.2) is 22.5 Å². The van der Waals surface area contributed by atoms with E-state index in [4.69, 9.17) is 4.74 Å². The van der Waals surface area contributed by atoms with Gasteiger partial charge in [-0.25, -0.2) is 9.37 Å². The average Bonchev–Trinajstić information content (AvgIpc) is 3.24. The van der Waals surface area contributed by atoms with Crippen molar-refractivity contribution >= 4 is 22.6 Å². The monoisotopic (exact) mass is 325 g/mol. The number of aromatic amines is 1. The highest BCUT2D eigenvalue weighted by atomic mass is 19.1. The number of anilines is 1. The van der Waals surface area contributed by atoms with Crippen molar-refractivity contribution in [2.45, 2.75) is 18.9 Å². The van der Waals surface area contributed by atoms with Crippen molar-refractivity contribution in [3.8, 4) is 0 Å². The first-order valence-corrected chi connectivity index (χ1v) is 7.87. The number of halogens is 1. The first-order valence-electron chi connectivity index (χ1n) is 7.87. The van der Waals surface area contributed by atoms with Gasteiger partial charge in [0.1, 0.15) is 17.7 Å². The van der Waals surface area contributed by atoms with Gasteiger partial charge < -0.3 is 15.0 Å². The number of fused-ring (bicyclic) bond motifs is 1. The van der Waals surface area contributed by atoms with Gasteiger partial charge in [0.2, 0.25) is 0 Å². The summed E-state index contributed by atoms with van der Waals surface area (Å²) in [6, 6.07) is 10.9. The molecule has 0 aliphatic carbocycles. The predicted octanol–water partition coefficient (Wildman–Crippen LogP) is 3.81. The molecule has 122 valence electrons. The maximum atomic E-state index is 12.9. The highest BCUT2D eigenvalue weighted by Crippen LogP contribution is 2.28. The number of imidazole rings is 1. The zero-order valence-electron chi connectivity index (χ0n) is 12.9. The van der Waals surface area contributed by atoms with E-state index < -0.39 is 0 Å². The normalized spacial score (nSPS) is 17.3. The summed E-state index contributed by atoms with van der Waals surface area (Å²) < 4.78 is 18.6. The summed E-state index contributed by atoms with van der Waals surface area (Å²) in [5, 5.41) is 2.81. The quantitative estimate of drug-likeness (QED) is 0.769. The van der Waals surface area contributed by atoms with E-state index in [2.05, 4.69) is 15.3 Å². The second-order valence-corrected chi connectivity index (χ2v) is 5.82. The number of H-pyrrole nitrogens is 1. The Hall–Kier alpha value is -2.73. The van der Waals surface area contributed by atoms with E-state index in [1.54, 1.807) is 6.07 Å². The van der Waals surface area contributed by atoms with E-state index in [0.29, 0.717) is 11.3 Å². The lowest BCUT2D eigenvalue weighted by Gasteiger charge is -2.05. The second kappa shape index (κ2) is 6.05. The number of carbonyl (C=O) groups is 1. The number of ether oxygens (including phenoxy) is 1. The lowest BCUT2D eigenvalue weighted by Crippen LogP contribution is -2.11. The third kappa shape index (κ3) is 2.88. The molecule has 0 bridgehead atoms. The summed E-state index contributed by atoms with van der Waals surface area (Å²) in [5.41, 5.74) is 2.73. The van der Waals surface area contributed by atoms with E-state index >= 15 is 0 Å². The number of benzene rings is 2. The summed E-state index contributed by atoms with van der Waals surface area (Å²) in [7, 11) is 0. The summed E-state index contributed by atoms with van der Waals surface area (Å²) in [5.74, 6) is 0.171. The van der Waals surface area contributed by atoms with Crippen LogP contribution in [0.3, 0.4) is 0 Å². The summed E-state index contributed by atoms with van der Waals surface area (Å²) in [4.78, 5) is 20.0. The van der Waals surface area contributed by atoms with E-state index in [0.717, 1.165) is 36.3 Å². The first-order chi connectivity index (χ1) is 11.7. The molecule has 2 aromatic carbocycles. The van der Waals surface area contributed by atoms with Crippen LogP contribution in [-0.2, 0) is 4.74 Å². The molecule has 24 heavy (non-hydrogen) atoms. The lowest BCUT2D eigenvalue weighted by atomic mass is 10.2. The number of rotatable bonds is 3. The molecule has 1 aliphatic heterocycles. The van der Waals surface area contributed by atoms with Gasteiger partial charge in [0.25, 0.3) is 5.91 Å². The molecule has 3 aromatic rings. The van der Waals surface area contributed by atoms with Gasteiger partial charge in [-0.15, -0.1) is 0 Å². The summed E-state index contributed by atoms with van der Waals surface area (Å²) >= 11 is 0. The van der Waals surface area contributed by atoms with Gasteiger partial charge in [0.15, 0.2) is 0 Å². The Morgan fingerprint density at radius 3 is 2.83 bits per heavy atom. The van der Waals surface area contributed by atoms with Gasteiger partial charge in [-0.2, -0.15) is 0 Å². The molecule has 1 saturated heterocycles. The van der Waals surface area contributed by atoms with Crippen molar-refractivity contribution in [2.75, 3.05) is 11.9 Å². The minimum atomic E-state index is -0.368. The summed E-state index contributed by atoms with van der Waals surface area (Å²) in [6.07, 6.45) is 2.03. The van der Waals surface area contributed by atoms with Gasteiger partial charge in [0.05, 0.1) is 11.0 Å². The van der Waals surface area contributed by atoms with Crippen LogP contribution in [0.25, 0.3) is 11.0 Å². The molecule has 0 radical (unpaired) electrons. The fourth-order valence-corrected chi connectivity index (χ4v) is 2.86. The Morgan fingerprint density at radius 2 is 2.08 bits per heavy atom. The first kappa shape index (κ1) is 14.8. The molecule has 2 heterocycles. The van der Waals surface area contributed by atoms with Crippen molar-refractivity contribution in [2.24, 2.45) is 0 Å². The third-order valence-corrected chi connectivity index (χ3v) is 4.10. The van der Waals surface area contributed by atoms with Crippen LogP contribution in [0.5, 0.6) is 0 Å². The largest absolute Gasteiger partial charge is 0.370 e. The highest BCUT2D eigenvalue weighted by molar-refractivity contribution is 6.04. The third-order valence-electron chi connectivity index (χ3n) is 4.10. The Labute approximate surface area is 137 Å². The Morgan fingerprint density at radius 1 is 1.25 bits per heavy atom. The smallest absolute Gasteiger partial charge is 0.255 e. The molecule has 1 unspecified atom stereocenters. The molecule has 2 N–H and O–H groups in total. The van der Waals surface area contributed by atoms with Crippen molar-refractivity contribution in [3.63, 3.8) is 0 Å². The fraction of sp³-hybridized carbons (Fsp3) is 0.222. The van der Waals surface area contributed by atoms with Gasteiger partial charge in [-0.1, -0.05) is 0 Å². The minimum absolute atomic E-state index is 0.0228. The van der Waals surface area contributed by atoms with Gasteiger partial charge in [0, 0.05) is 17.9 Å². The number of nitrogens with zero attached hydrogens (tertiary/aromatic N) is 1. The molecule has 0 spiro atoms. The number of aromatic nitrogens is 2. The molecule has 1 amide bonds. The van der Waals surface area contributed by atoms with Gasteiger partial charge in [-0.05, 0) is 55.3 Å². The molecular formula is C18H16FN3O2. The van der Waals surface area contributed by atoms with E-state index in [1.165, 1.54) is 24.3 Å². The fourth-order valence-electron chi connectivity index (χ4n) is 2.86. The van der Waals surface area contributed by atoms with Crippen molar-refractivity contribution in [3.05, 3.63) is 59.7 Å². The molecule has 1 atom stereocenters. The van der Waals surface area contributed by atoms with Crippen LogP contribution in [0.1, 0.15) is 35.1 Å². The molecule has 5 nitrogen and oxygen atoms in total. The van der Waals surface area contributed by atoms with Crippen LogP contribution in [0.2, 0.25) is 0 Å². The lowest BCUT2D eigenvalue weighted by molar-refractivity contribution is 0.102. The maximum Gasteiger partial charge on any atom is 0.255 e. The number of hydrogen-bond donors (Lipinski definition) is 2. The second-order valence-electron chi connectivity index (χ2n) is 5.82. The zero-order chi connectivity index (χ0) is 16.5. The van der Waals surface area contributed by atoms with E-state index in [9.17, 15) is 9.18 Å². The van der Waals surface area contributed by atoms with E-state index in [1.807, 2.05) is 12.1 Å². The summed E-state index contributed by atoms with van der Waals surface area (Å²) in [6.45, 7) is 0.765. The van der Waals surface area contributed by atoms with Crippen LogP contribution < -0.4 is 5.32 Å². The van der Waals surface area contributed by atoms with Crippen LogP contribution in [0, 0.1) is 5.82 Å². The van der Waals surface area contributed by atoms with Crippen LogP contribution >= 0.6 is 0 Å². The number of nitrogens with one attached hydrogen (secondary N) is 2. The molecule has 1 aromatic heterocycles. The number of carbonyl (C=O) groups excluding carboxylic acids is 1. The van der Waals surface area contributed by atoms with Gasteiger partial charge in [-0.3, -0.25) is 4.79 Å². The Balaban J connectivity index is 1.55. The number of amides is 1. The molecule has 1 fully saturated rings. The molecule has 1 aliphatic rings. The molecule has 4 rings (SSSR count). The SMILES string of the molecule is O=C(Nc1ccc2nc(C3CCCO3)[nH]c2c1)c1ccc(F)cc1. The Kier molecular flexibility index (Phi) is 3.74.